The van der Waals surface area contributed by atoms with E-state index < -0.39 is 9.84 Å². The van der Waals surface area contributed by atoms with Crippen LogP contribution in [-0.2, 0) is 16.3 Å². The Balaban J connectivity index is 2.38. The van der Waals surface area contributed by atoms with Crippen molar-refractivity contribution >= 4 is 9.84 Å². The van der Waals surface area contributed by atoms with E-state index in [9.17, 15) is 8.42 Å². The van der Waals surface area contributed by atoms with Gasteiger partial charge in [0.2, 0.25) is 0 Å². The van der Waals surface area contributed by atoms with Crippen LogP contribution in [0.3, 0.4) is 0 Å². The molecule has 1 aromatic rings. The quantitative estimate of drug-likeness (QED) is 0.909. The first-order valence-corrected chi connectivity index (χ1v) is 8.24. The van der Waals surface area contributed by atoms with E-state index in [1.165, 1.54) is 5.56 Å². The standard InChI is InChI=1S/C14H21NO2S/c1-3-11(10-15-2)12-6-7-14-13(9-12)5-4-8-18(14,16)17/h6-7,9,11,15H,3-5,8,10H2,1-2H3. The van der Waals surface area contributed by atoms with Gasteiger partial charge in [-0.2, -0.15) is 0 Å². The number of nitrogens with one attached hydrogen (secondary N) is 1. The number of fused-ring (bicyclic) bond motifs is 1. The molecule has 0 bridgehead atoms. The Morgan fingerprint density at radius 1 is 1.39 bits per heavy atom. The summed E-state index contributed by atoms with van der Waals surface area (Å²) in [5.41, 5.74) is 2.26. The lowest BCUT2D eigenvalue weighted by Crippen LogP contribution is -2.19. The highest BCUT2D eigenvalue weighted by atomic mass is 32.2. The van der Waals surface area contributed by atoms with Crippen LogP contribution in [0, 0.1) is 0 Å². The first kappa shape index (κ1) is 13.6. The van der Waals surface area contributed by atoms with Gasteiger partial charge in [-0.15, -0.1) is 0 Å². The zero-order valence-electron chi connectivity index (χ0n) is 11.1. The van der Waals surface area contributed by atoms with Gasteiger partial charge < -0.3 is 5.32 Å². The zero-order valence-corrected chi connectivity index (χ0v) is 11.9. The minimum atomic E-state index is -3.02. The monoisotopic (exact) mass is 267 g/mol. The van der Waals surface area contributed by atoms with Crippen molar-refractivity contribution in [1.82, 2.24) is 5.32 Å². The van der Waals surface area contributed by atoms with Crippen molar-refractivity contribution in [1.29, 1.82) is 0 Å². The molecule has 0 aromatic heterocycles. The summed E-state index contributed by atoms with van der Waals surface area (Å²) in [5, 5.41) is 3.20. The number of hydrogen-bond donors (Lipinski definition) is 1. The van der Waals surface area contributed by atoms with Crippen LogP contribution < -0.4 is 5.32 Å². The first-order chi connectivity index (χ1) is 8.58. The van der Waals surface area contributed by atoms with Gasteiger partial charge in [-0.25, -0.2) is 8.42 Å². The molecule has 0 amide bonds. The van der Waals surface area contributed by atoms with E-state index in [1.807, 2.05) is 13.1 Å². The number of rotatable bonds is 4. The summed E-state index contributed by atoms with van der Waals surface area (Å²) in [6.45, 7) is 3.10. The van der Waals surface area contributed by atoms with E-state index in [-0.39, 0.29) is 0 Å². The van der Waals surface area contributed by atoms with Crippen molar-refractivity contribution in [3.05, 3.63) is 29.3 Å². The topological polar surface area (TPSA) is 46.2 Å². The molecule has 1 heterocycles. The lowest BCUT2D eigenvalue weighted by Gasteiger charge is -2.20. The van der Waals surface area contributed by atoms with Gasteiger partial charge in [0, 0.05) is 6.54 Å². The number of sulfone groups is 1. The minimum absolute atomic E-state index is 0.299. The molecule has 1 aromatic carbocycles. The van der Waals surface area contributed by atoms with E-state index in [1.54, 1.807) is 6.07 Å². The Bertz CT molecular complexity index is 523. The van der Waals surface area contributed by atoms with Gasteiger partial charge in [-0.1, -0.05) is 19.1 Å². The Morgan fingerprint density at radius 2 is 2.17 bits per heavy atom. The molecule has 0 saturated carbocycles. The maximum atomic E-state index is 11.9. The average molecular weight is 267 g/mol. The van der Waals surface area contributed by atoms with E-state index in [4.69, 9.17) is 0 Å². The highest BCUT2D eigenvalue weighted by Gasteiger charge is 2.24. The van der Waals surface area contributed by atoms with Gasteiger partial charge in [0.05, 0.1) is 10.6 Å². The lowest BCUT2D eigenvalue weighted by atomic mass is 9.94. The molecule has 0 saturated heterocycles. The molecule has 18 heavy (non-hydrogen) atoms. The van der Waals surface area contributed by atoms with Gasteiger partial charge >= 0.3 is 0 Å². The Kier molecular flexibility index (Phi) is 4.07. The van der Waals surface area contributed by atoms with Gasteiger partial charge in [0.15, 0.2) is 9.84 Å². The number of aryl methyl sites for hydroxylation is 1. The van der Waals surface area contributed by atoms with E-state index in [0.29, 0.717) is 16.6 Å². The largest absolute Gasteiger partial charge is 0.319 e. The summed E-state index contributed by atoms with van der Waals surface area (Å²) >= 11 is 0. The maximum Gasteiger partial charge on any atom is 0.178 e. The van der Waals surface area contributed by atoms with E-state index in [0.717, 1.165) is 31.4 Å². The van der Waals surface area contributed by atoms with Crippen LogP contribution in [0.1, 0.15) is 36.8 Å². The van der Waals surface area contributed by atoms with Crippen LogP contribution in [0.5, 0.6) is 0 Å². The molecule has 0 aliphatic carbocycles. The highest BCUT2D eigenvalue weighted by Crippen LogP contribution is 2.29. The summed E-state index contributed by atoms with van der Waals surface area (Å²) in [5.74, 6) is 0.762. The van der Waals surface area contributed by atoms with Crippen molar-refractivity contribution in [2.24, 2.45) is 0 Å². The van der Waals surface area contributed by atoms with Gasteiger partial charge in [-0.05, 0) is 49.4 Å². The van der Waals surface area contributed by atoms with Crippen molar-refractivity contribution in [3.8, 4) is 0 Å². The molecule has 0 spiro atoms. The maximum absolute atomic E-state index is 11.9. The Morgan fingerprint density at radius 3 is 2.83 bits per heavy atom. The molecule has 1 N–H and O–H groups in total. The molecule has 1 unspecified atom stereocenters. The van der Waals surface area contributed by atoms with E-state index in [2.05, 4.69) is 18.3 Å². The third-order valence-corrected chi connectivity index (χ3v) is 5.59. The van der Waals surface area contributed by atoms with Crippen LogP contribution >= 0.6 is 0 Å². The fraction of sp³-hybridized carbons (Fsp3) is 0.571. The van der Waals surface area contributed by atoms with Crippen molar-refractivity contribution < 1.29 is 8.42 Å². The predicted molar refractivity (Wildman–Crippen MR) is 73.8 cm³/mol. The fourth-order valence-electron chi connectivity index (χ4n) is 2.66. The predicted octanol–water partition coefficient (Wildman–Crippen LogP) is 2.12. The molecule has 0 radical (unpaired) electrons. The minimum Gasteiger partial charge on any atom is -0.319 e. The molecule has 4 heteroatoms. The highest BCUT2D eigenvalue weighted by molar-refractivity contribution is 7.91. The molecule has 1 aliphatic heterocycles. The third-order valence-electron chi connectivity index (χ3n) is 3.69. The molecule has 3 nitrogen and oxygen atoms in total. The fourth-order valence-corrected chi connectivity index (χ4v) is 4.24. The number of hydrogen-bond acceptors (Lipinski definition) is 3. The smallest absolute Gasteiger partial charge is 0.178 e. The van der Waals surface area contributed by atoms with Crippen LogP contribution in [0.15, 0.2) is 23.1 Å². The molecule has 1 atom stereocenters. The molecule has 100 valence electrons. The second-order valence-electron chi connectivity index (χ2n) is 4.95. The summed E-state index contributed by atoms with van der Waals surface area (Å²) < 4.78 is 23.9. The number of benzene rings is 1. The number of likely N-dealkylation sites (N-methyl/N-ethyl adjacent to an activating group) is 1. The third kappa shape index (κ3) is 2.59. The summed E-state index contributed by atoms with van der Waals surface area (Å²) in [6.07, 6.45) is 2.70. The second kappa shape index (κ2) is 5.41. The summed E-state index contributed by atoms with van der Waals surface area (Å²) in [6, 6.07) is 5.88. The van der Waals surface area contributed by atoms with E-state index >= 15 is 0 Å². The molecule has 2 rings (SSSR count). The van der Waals surface area contributed by atoms with Crippen LogP contribution in [0.25, 0.3) is 0 Å². The molecule has 1 aliphatic rings. The van der Waals surface area contributed by atoms with Crippen molar-refractivity contribution in [2.45, 2.75) is 37.0 Å². The average Bonchev–Trinajstić information content (AvgIpc) is 2.35. The van der Waals surface area contributed by atoms with Crippen LogP contribution in [0.2, 0.25) is 0 Å². The lowest BCUT2D eigenvalue weighted by molar-refractivity contribution is 0.584. The SMILES string of the molecule is CCC(CNC)c1ccc2c(c1)CCCS2(=O)=O. The van der Waals surface area contributed by atoms with Gasteiger partial charge in [0.1, 0.15) is 0 Å². The van der Waals surface area contributed by atoms with Gasteiger partial charge in [0.25, 0.3) is 0 Å². The summed E-state index contributed by atoms with van der Waals surface area (Å²) in [7, 11) is -1.07. The van der Waals surface area contributed by atoms with Crippen LogP contribution in [-0.4, -0.2) is 27.8 Å². The van der Waals surface area contributed by atoms with Crippen molar-refractivity contribution in [3.63, 3.8) is 0 Å². The Labute approximate surface area is 110 Å². The Hall–Kier alpha value is -0.870. The summed E-state index contributed by atoms with van der Waals surface area (Å²) in [4.78, 5) is 0.553. The van der Waals surface area contributed by atoms with Gasteiger partial charge in [-0.3, -0.25) is 0 Å². The zero-order chi connectivity index (χ0) is 13.2. The first-order valence-electron chi connectivity index (χ1n) is 6.58. The normalized spacial score (nSPS) is 19.2. The molecular weight excluding hydrogens is 246 g/mol. The van der Waals surface area contributed by atoms with Crippen LogP contribution in [0.4, 0.5) is 0 Å². The second-order valence-corrected chi connectivity index (χ2v) is 7.03. The molecule has 0 fully saturated rings. The van der Waals surface area contributed by atoms with Crippen molar-refractivity contribution in [2.75, 3.05) is 19.3 Å². The molecular formula is C14H21NO2S.